The van der Waals surface area contributed by atoms with Crippen LogP contribution in [-0.4, -0.2) is 20.2 Å². The molecule has 1 saturated carbocycles. The number of hydrogen-bond acceptors (Lipinski definition) is 3. The van der Waals surface area contributed by atoms with E-state index in [1.54, 1.807) is 4.68 Å². The highest BCUT2D eigenvalue weighted by Crippen LogP contribution is 2.25. The second kappa shape index (κ2) is 3.65. The molecule has 1 aliphatic carbocycles. The summed E-state index contributed by atoms with van der Waals surface area (Å²) in [7, 11) is 0. The summed E-state index contributed by atoms with van der Waals surface area (Å²) < 4.78 is 1.78. The Bertz CT molecular complexity index is 211. The summed E-state index contributed by atoms with van der Waals surface area (Å²) >= 11 is 0. The summed E-state index contributed by atoms with van der Waals surface area (Å²) in [4.78, 5) is 0. The normalized spacial score (nSPS) is 20.7. The molecule has 1 heterocycles. The maximum Gasteiger partial charge on any atom is 0.221 e. The molecule has 1 aromatic rings. The molecule has 0 bridgehead atoms. The Morgan fingerprint density at radius 2 is 1.83 bits per heavy atom. The third-order valence-electron chi connectivity index (χ3n) is 2.50. The van der Waals surface area contributed by atoms with E-state index in [0.717, 1.165) is 0 Å². The summed E-state index contributed by atoms with van der Waals surface area (Å²) in [5.74, 6) is 0. The van der Waals surface area contributed by atoms with E-state index in [1.807, 2.05) is 0 Å². The second-order valence-electron chi connectivity index (χ2n) is 3.37. The Morgan fingerprint density at radius 1 is 1.08 bits per heavy atom. The average Bonchev–Trinajstić information content (AvgIpc) is 2.48. The fourth-order valence-electron chi connectivity index (χ4n) is 1.81. The maximum absolute atomic E-state index is 3.88. The summed E-state index contributed by atoms with van der Waals surface area (Å²) in [6.07, 6.45) is 10.5. The zero-order valence-electron chi connectivity index (χ0n) is 7.11. The van der Waals surface area contributed by atoms with Crippen LogP contribution in [-0.2, 0) is 0 Å². The van der Waals surface area contributed by atoms with Crippen molar-refractivity contribution in [1.82, 2.24) is 20.2 Å². The molecule has 2 rings (SSSR count). The number of nitrogens with zero attached hydrogens (tertiary/aromatic N) is 4. The maximum atomic E-state index is 3.88. The SMILES string of the molecule is [c]1nnnn1C1CCCCCC1. The number of tetrazole rings is 1. The first-order valence-electron chi connectivity index (χ1n) is 4.62. The minimum absolute atomic E-state index is 0.502. The van der Waals surface area contributed by atoms with E-state index in [1.165, 1.54) is 38.5 Å². The van der Waals surface area contributed by atoms with Crippen molar-refractivity contribution in [2.45, 2.75) is 44.6 Å². The summed E-state index contributed by atoms with van der Waals surface area (Å²) in [5.41, 5.74) is 0. The van der Waals surface area contributed by atoms with Gasteiger partial charge in [-0.15, -0.1) is 5.10 Å². The molecule has 65 valence electrons. The predicted molar refractivity (Wildman–Crippen MR) is 43.4 cm³/mol. The first kappa shape index (κ1) is 7.71. The van der Waals surface area contributed by atoms with Gasteiger partial charge in [0, 0.05) is 0 Å². The highest BCUT2D eigenvalue weighted by molar-refractivity contribution is 4.68. The van der Waals surface area contributed by atoms with Gasteiger partial charge >= 0.3 is 0 Å². The number of rotatable bonds is 1. The van der Waals surface area contributed by atoms with Crippen LogP contribution in [0.2, 0.25) is 0 Å². The Kier molecular flexibility index (Phi) is 2.34. The van der Waals surface area contributed by atoms with Crippen LogP contribution in [0.25, 0.3) is 0 Å². The van der Waals surface area contributed by atoms with E-state index in [4.69, 9.17) is 0 Å². The average molecular weight is 165 g/mol. The molecule has 1 radical (unpaired) electrons. The number of aromatic nitrogens is 4. The monoisotopic (exact) mass is 165 g/mol. The van der Waals surface area contributed by atoms with E-state index in [0.29, 0.717) is 6.04 Å². The van der Waals surface area contributed by atoms with Gasteiger partial charge in [-0.1, -0.05) is 25.7 Å². The van der Waals surface area contributed by atoms with Gasteiger partial charge in [-0.25, -0.2) is 4.68 Å². The second-order valence-corrected chi connectivity index (χ2v) is 3.37. The lowest BCUT2D eigenvalue weighted by Crippen LogP contribution is -2.08. The van der Waals surface area contributed by atoms with Crippen LogP contribution in [0.15, 0.2) is 0 Å². The molecular weight excluding hydrogens is 152 g/mol. The highest BCUT2D eigenvalue weighted by atomic mass is 15.5. The predicted octanol–water partition coefficient (Wildman–Crippen LogP) is 1.37. The highest BCUT2D eigenvalue weighted by Gasteiger charge is 2.14. The van der Waals surface area contributed by atoms with Crippen LogP contribution in [0.3, 0.4) is 0 Å². The molecule has 0 amide bonds. The van der Waals surface area contributed by atoms with Gasteiger partial charge in [0.15, 0.2) is 0 Å². The first-order valence-corrected chi connectivity index (χ1v) is 4.62. The van der Waals surface area contributed by atoms with Gasteiger partial charge in [0.2, 0.25) is 6.33 Å². The fourth-order valence-corrected chi connectivity index (χ4v) is 1.81. The van der Waals surface area contributed by atoms with Gasteiger partial charge in [-0.3, -0.25) is 0 Å². The fraction of sp³-hybridized carbons (Fsp3) is 0.875. The number of hydrogen-bond donors (Lipinski definition) is 0. The third kappa shape index (κ3) is 1.62. The van der Waals surface area contributed by atoms with Crippen molar-refractivity contribution in [3.05, 3.63) is 6.33 Å². The van der Waals surface area contributed by atoms with Gasteiger partial charge in [-0.2, -0.15) is 0 Å². The first-order chi connectivity index (χ1) is 5.97. The van der Waals surface area contributed by atoms with E-state index in [2.05, 4.69) is 21.9 Å². The molecule has 0 aliphatic heterocycles. The van der Waals surface area contributed by atoms with Crippen molar-refractivity contribution in [2.24, 2.45) is 0 Å². The van der Waals surface area contributed by atoms with Crippen molar-refractivity contribution >= 4 is 0 Å². The molecular formula is C8H13N4. The lowest BCUT2D eigenvalue weighted by Gasteiger charge is -2.11. The summed E-state index contributed by atoms with van der Waals surface area (Å²) in [6.45, 7) is 0. The Balaban J connectivity index is 2.02. The summed E-state index contributed by atoms with van der Waals surface area (Å²) in [5, 5.41) is 11.0. The minimum atomic E-state index is 0.502. The summed E-state index contributed by atoms with van der Waals surface area (Å²) in [6, 6.07) is 0.502. The molecule has 4 heteroatoms. The minimum Gasteiger partial charge on any atom is -0.220 e. The van der Waals surface area contributed by atoms with Crippen LogP contribution in [0.4, 0.5) is 0 Å². The van der Waals surface area contributed by atoms with Crippen molar-refractivity contribution in [3.63, 3.8) is 0 Å². The van der Waals surface area contributed by atoms with Crippen LogP contribution in [0, 0.1) is 6.33 Å². The van der Waals surface area contributed by atoms with Gasteiger partial charge < -0.3 is 0 Å². The zero-order chi connectivity index (χ0) is 8.23. The van der Waals surface area contributed by atoms with Crippen LogP contribution in [0.1, 0.15) is 44.6 Å². The molecule has 0 N–H and O–H groups in total. The van der Waals surface area contributed by atoms with Gasteiger partial charge in [0.25, 0.3) is 0 Å². The quantitative estimate of drug-likeness (QED) is 0.590. The molecule has 0 spiro atoms. The Hall–Kier alpha value is -0.930. The smallest absolute Gasteiger partial charge is 0.220 e. The molecule has 0 atom stereocenters. The molecule has 0 unspecified atom stereocenters. The lowest BCUT2D eigenvalue weighted by molar-refractivity contribution is 0.394. The molecule has 12 heavy (non-hydrogen) atoms. The topological polar surface area (TPSA) is 43.6 Å². The van der Waals surface area contributed by atoms with Crippen LogP contribution < -0.4 is 0 Å². The van der Waals surface area contributed by atoms with Crippen molar-refractivity contribution in [2.75, 3.05) is 0 Å². The van der Waals surface area contributed by atoms with E-state index < -0.39 is 0 Å². The Morgan fingerprint density at radius 3 is 2.42 bits per heavy atom. The molecule has 0 aromatic carbocycles. The standard InChI is InChI=1S/C8H13N4/c1-2-4-6-8(5-3-1)12-7-9-10-11-12/h8H,1-6H2. The van der Waals surface area contributed by atoms with E-state index in [9.17, 15) is 0 Å². The lowest BCUT2D eigenvalue weighted by atomic mass is 10.1. The van der Waals surface area contributed by atoms with E-state index >= 15 is 0 Å². The van der Waals surface area contributed by atoms with Crippen molar-refractivity contribution < 1.29 is 0 Å². The molecule has 4 nitrogen and oxygen atoms in total. The van der Waals surface area contributed by atoms with Gasteiger partial charge in [0.1, 0.15) is 0 Å². The molecule has 0 saturated heterocycles. The van der Waals surface area contributed by atoms with E-state index in [-0.39, 0.29) is 0 Å². The van der Waals surface area contributed by atoms with Crippen molar-refractivity contribution in [1.29, 1.82) is 0 Å². The van der Waals surface area contributed by atoms with Crippen LogP contribution in [0.5, 0.6) is 0 Å². The largest absolute Gasteiger partial charge is 0.221 e. The van der Waals surface area contributed by atoms with Crippen molar-refractivity contribution in [3.8, 4) is 0 Å². The molecule has 1 fully saturated rings. The van der Waals surface area contributed by atoms with Gasteiger partial charge in [-0.05, 0) is 23.3 Å². The molecule has 1 aromatic heterocycles. The molecule has 1 aliphatic rings. The third-order valence-corrected chi connectivity index (χ3v) is 2.50. The van der Waals surface area contributed by atoms with Crippen LogP contribution >= 0.6 is 0 Å². The Labute approximate surface area is 72.0 Å². The van der Waals surface area contributed by atoms with Gasteiger partial charge in [0.05, 0.1) is 6.04 Å². The zero-order valence-corrected chi connectivity index (χ0v) is 7.11.